The van der Waals surface area contributed by atoms with Crippen LogP contribution in [-0.4, -0.2) is 52.5 Å². The lowest BCUT2D eigenvalue weighted by molar-refractivity contribution is -0.129. The maximum atomic E-state index is 12.5. The zero-order valence-electron chi connectivity index (χ0n) is 20.7. The van der Waals surface area contributed by atoms with Gasteiger partial charge in [0, 0.05) is 35.7 Å². The summed E-state index contributed by atoms with van der Waals surface area (Å²) in [6.07, 6.45) is 8.40. The molecular formula is C26H35N5O4S. The lowest BCUT2D eigenvalue weighted by atomic mass is 9.83. The number of ether oxygens (including phenoxy) is 1. The summed E-state index contributed by atoms with van der Waals surface area (Å²) in [6, 6.07) is 8.02. The molecule has 1 aromatic heterocycles. The molecule has 1 aliphatic heterocycles. The van der Waals surface area contributed by atoms with Gasteiger partial charge < -0.3 is 19.8 Å². The number of nitrogens with zero attached hydrogens (tertiary/aromatic N) is 2. The molecule has 3 aliphatic rings. The van der Waals surface area contributed by atoms with Gasteiger partial charge in [0.2, 0.25) is 23.6 Å². The summed E-state index contributed by atoms with van der Waals surface area (Å²) in [4.78, 5) is 24.9. The van der Waals surface area contributed by atoms with E-state index in [2.05, 4.69) is 26.1 Å². The van der Waals surface area contributed by atoms with Crippen LogP contribution in [0.3, 0.4) is 0 Å². The van der Waals surface area contributed by atoms with Crippen molar-refractivity contribution in [3.05, 3.63) is 30.2 Å². The lowest BCUT2D eigenvalue weighted by Crippen LogP contribution is -2.60. The Labute approximate surface area is 215 Å². The number of fused-ring (bicyclic) bond motifs is 1. The number of rotatable bonds is 8. The average molecular weight is 514 g/mol. The van der Waals surface area contributed by atoms with Gasteiger partial charge >= 0.3 is 0 Å². The summed E-state index contributed by atoms with van der Waals surface area (Å²) in [6.45, 7) is 0. The third kappa shape index (κ3) is 6.03. The van der Waals surface area contributed by atoms with Crippen molar-refractivity contribution in [1.82, 2.24) is 26.1 Å². The second-order valence-corrected chi connectivity index (χ2v) is 11.2. The molecule has 194 valence electrons. The Kier molecular flexibility index (Phi) is 8.11. The summed E-state index contributed by atoms with van der Waals surface area (Å²) in [5, 5.41) is 18.3. The molecule has 3 N–H and O–H groups in total. The molecule has 2 aliphatic carbocycles. The summed E-state index contributed by atoms with van der Waals surface area (Å²) in [5.74, 6) is 3.21. The molecule has 0 spiro atoms. The van der Waals surface area contributed by atoms with E-state index in [1.54, 1.807) is 18.9 Å². The van der Waals surface area contributed by atoms with Gasteiger partial charge in [-0.1, -0.05) is 12.8 Å². The number of benzene rings is 1. The van der Waals surface area contributed by atoms with Gasteiger partial charge in [-0.05, 0) is 62.8 Å². The Bertz CT molecular complexity index is 1040. The van der Waals surface area contributed by atoms with E-state index in [4.69, 9.17) is 9.15 Å². The predicted molar refractivity (Wildman–Crippen MR) is 137 cm³/mol. The molecule has 2 amide bonds. The summed E-state index contributed by atoms with van der Waals surface area (Å²) in [7, 11) is 1.64. The van der Waals surface area contributed by atoms with Gasteiger partial charge in [-0.15, -0.1) is 22.0 Å². The molecule has 0 bridgehead atoms. The maximum absolute atomic E-state index is 12.5. The minimum absolute atomic E-state index is 0.0724. The molecular weight excluding hydrogens is 478 g/mol. The van der Waals surface area contributed by atoms with Crippen LogP contribution < -0.4 is 20.7 Å². The molecule has 2 saturated carbocycles. The summed E-state index contributed by atoms with van der Waals surface area (Å²) >= 11 is 1.61. The van der Waals surface area contributed by atoms with E-state index in [9.17, 15) is 9.59 Å². The summed E-state index contributed by atoms with van der Waals surface area (Å²) < 4.78 is 11.2. The van der Waals surface area contributed by atoms with E-state index in [1.165, 1.54) is 6.42 Å². The second-order valence-electron chi connectivity index (χ2n) is 9.96. The first-order valence-electron chi connectivity index (χ1n) is 13.0. The molecule has 5 rings (SSSR count). The first kappa shape index (κ1) is 25.1. The fourth-order valence-electron chi connectivity index (χ4n) is 5.51. The largest absolute Gasteiger partial charge is 0.497 e. The highest BCUT2D eigenvalue weighted by Crippen LogP contribution is 2.34. The van der Waals surface area contributed by atoms with Crippen molar-refractivity contribution in [1.29, 1.82) is 0 Å². The third-order valence-electron chi connectivity index (χ3n) is 7.57. The molecule has 0 radical (unpaired) electrons. The van der Waals surface area contributed by atoms with Gasteiger partial charge in [-0.2, -0.15) is 0 Å². The number of carbonyl (C=O) groups is 2. The van der Waals surface area contributed by atoms with E-state index in [-0.39, 0.29) is 41.2 Å². The number of hydrogen-bond acceptors (Lipinski definition) is 8. The van der Waals surface area contributed by atoms with Crippen LogP contribution >= 0.6 is 11.8 Å². The number of methoxy groups -OCH3 is 1. The number of carbonyl (C=O) groups excluding carboxylic acids is 2. The normalized spacial score (nSPS) is 28.1. The molecule has 9 nitrogen and oxygen atoms in total. The van der Waals surface area contributed by atoms with Crippen molar-refractivity contribution in [2.24, 2.45) is 5.92 Å². The zero-order valence-corrected chi connectivity index (χ0v) is 21.5. The van der Waals surface area contributed by atoms with Gasteiger partial charge in [-0.3, -0.25) is 14.9 Å². The van der Waals surface area contributed by atoms with Crippen LogP contribution in [0.1, 0.15) is 69.6 Å². The number of hydrogen-bond donors (Lipinski definition) is 3. The van der Waals surface area contributed by atoms with Gasteiger partial charge in [0.15, 0.2) is 0 Å². The fraction of sp³-hybridized carbons (Fsp3) is 0.615. The topological polar surface area (TPSA) is 118 Å². The monoisotopic (exact) mass is 513 g/mol. The van der Waals surface area contributed by atoms with Crippen molar-refractivity contribution < 1.29 is 18.7 Å². The van der Waals surface area contributed by atoms with Gasteiger partial charge in [0.25, 0.3) is 0 Å². The van der Waals surface area contributed by atoms with Gasteiger partial charge in [0.05, 0.1) is 13.0 Å². The molecule has 3 unspecified atom stereocenters. The van der Waals surface area contributed by atoms with Crippen LogP contribution in [0.5, 0.6) is 5.75 Å². The molecule has 2 aromatic rings. The Hall–Kier alpha value is -2.59. The number of thioether (sulfide) groups is 1. The molecule has 3 fully saturated rings. The molecule has 1 saturated heterocycles. The SMILES string of the molecule is COc1ccc(-c2nnc(C3CCC(NC(=O)CCSC4NC(=O)C5CCCCC5N4)CC3)o2)cc1. The highest BCUT2D eigenvalue weighted by molar-refractivity contribution is 7.99. The smallest absolute Gasteiger partial charge is 0.247 e. The predicted octanol–water partition coefficient (Wildman–Crippen LogP) is 3.57. The van der Waals surface area contributed by atoms with Crippen molar-refractivity contribution >= 4 is 23.6 Å². The Morgan fingerprint density at radius 3 is 2.67 bits per heavy atom. The molecule has 2 heterocycles. The van der Waals surface area contributed by atoms with Crippen LogP contribution in [0, 0.1) is 5.92 Å². The standard InChI is InChI=1S/C26H35N5O4S/c1-34-19-12-8-17(9-13-19)25-31-30-24(35-25)16-6-10-18(11-7-16)27-22(32)14-15-36-26-28-21-5-3-2-4-20(21)23(33)29-26/h8-9,12-13,16,18,20-21,26,28H,2-7,10-11,14-15H2,1H3,(H,27,32)(H,29,33). The van der Waals surface area contributed by atoms with Crippen molar-refractivity contribution in [3.63, 3.8) is 0 Å². The quantitative estimate of drug-likeness (QED) is 0.490. The van der Waals surface area contributed by atoms with E-state index < -0.39 is 0 Å². The van der Waals surface area contributed by atoms with E-state index in [0.717, 1.165) is 56.3 Å². The molecule has 10 heteroatoms. The second kappa shape index (κ2) is 11.6. The van der Waals surface area contributed by atoms with Gasteiger partial charge in [0.1, 0.15) is 11.2 Å². The van der Waals surface area contributed by atoms with Crippen LogP contribution in [0.4, 0.5) is 0 Å². The van der Waals surface area contributed by atoms with Crippen LogP contribution in [0.15, 0.2) is 28.7 Å². The highest BCUT2D eigenvalue weighted by Gasteiger charge is 2.37. The average Bonchev–Trinajstić information content (AvgIpc) is 3.40. The number of nitrogens with one attached hydrogen (secondary N) is 3. The van der Waals surface area contributed by atoms with Gasteiger partial charge in [-0.25, -0.2) is 0 Å². The van der Waals surface area contributed by atoms with Crippen molar-refractivity contribution in [2.45, 2.75) is 81.3 Å². The highest BCUT2D eigenvalue weighted by atomic mass is 32.2. The van der Waals surface area contributed by atoms with Crippen molar-refractivity contribution in [3.8, 4) is 17.2 Å². The fourth-order valence-corrected chi connectivity index (χ4v) is 6.52. The van der Waals surface area contributed by atoms with E-state index >= 15 is 0 Å². The molecule has 3 atom stereocenters. The third-order valence-corrected chi connectivity index (χ3v) is 8.60. The Balaban J connectivity index is 1.02. The van der Waals surface area contributed by atoms with E-state index in [0.29, 0.717) is 24.0 Å². The Morgan fingerprint density at radius 2 is 1.89 bits per heavy atom. The Morgan fingerprint density at radius 1 is 1.11 bits per heavy atom. The summed E-state index contributed by atoms with van der Waals surface area (Å²) in [5.41, 5.74) is 0.771. The van der Waals surface area contributed by atoms with Crippen LogP contribution in [0.2, 0.25) is 0 Å². The van der Waals surface area contributed by atoms with E-state index in [1.807, 2.05) is 24.3 Å². The molecule has 1 aromatic carbocycles. The maximum Gasteiger partial charge on any atom is 0.247 e. The first-order valence-corrected chi connectivity index (χ1v) is 14.1. The molecule has 36 heavy (non-hydrogen) atoms. The minimum Gasteiger partial charge on any atom is -0.497 e. The number of amides is 2. The lowest BCUT2D eigenvalue weighted by Gasteiger charge is -2.39. The van der Waals surface area contributed by atoms with Crippen molar-refractivity contribution in [2.75, 3.05) is 12.9 Å². The number of aromatic nitrogens is 2. The first-order chi connectivity index (χ1) is 17.6. The van der Waals surface area contributed by atoms with Crippen LogP contribution in [-0.2, 0) is 9.59 Å². The minimum atomic E-state index is -0.0997. The zero-order chi connectivity index (χ0) is 24.9. The van der Waals surface area contributed by atoms with Crippen LogP contribution in [0.25, 0.3) is 11.5 Å².